The van der Waals surface area contributed by atoms with E-state index in [1.165, 1.54) is 18.2 Å². The van der Waals surface area contributed by atoms with Crippen LogP contribution in [0.25, 0.3) is 0 Å². The zero-order valence-corrected chi connectivity index (χ0v) is 11.7. The van der Waals surface area contributed by atoms with Crippen molar-refractivity contribution in [2.24, 2.45) is 0 Å². The Morgan fingerprint density at radius 2 is 1.86 bits per heavy atom. The molecule has 0 saturated carbocycles. The Balaban J connectivity index is 2.31. The summed E-state index contributed by atoms with van der Waals surface area (Å²) < 4.78 is 9.72. The monoisotopic (exact) mass is 295 g/mol. The van der Waals surface area contributed by atoms with Crippen LogP contribution in [0.4, 0.5) is 5.69 Å². The van der Waals surface area contributed by atoms with Crippen molar-refractivity contribution in [2.45, 2.75) is 32.8 Å². The summed E-state index contributed by atoms with van der Waals surface area (Å²) in [6.45, 7) is 2.00. The van der Waals surface area contributed by atoms with E-state index in [0.29, 0.717) is 18.6 Å². The second kappa shape index (κ2) is 8.68. The van der Waals surface area contributed by atoms with Crippen LogP contribution in [0.3, 0.4) is 0 Å². The lowest BCUT2D eigenvalue weighted by atomic mass is 10.2. The van der Waals surface area contributed by atoms with E-state index in [4.69, 9.17) is 9.47 Å². The number of rotatable bonds is 8. The van der Waals surface area contributed by atoms with Crippen LogP contribution in [0.15, 0.2) is 24.3 Å². The number of esters is 2. The van der Waals surface area contributed by atoms with Crippen LogP contribution < -0.4 is 0 Å². The van der Waals surface area contributed by atoms with Crippen molar-refractivity contribution < 1.29 is 24.0 Å². The van der Waals surface area contributed by atoms with Gasteiger partial charge in [-0.1, -0.05) is 12.1 Å². The van der Waals surface area contributed by atoms with Gasteiger partial charge in [0.05, 0.1) is 11.5 Å². The lowest BCUT2D eigenvalue weighted by Crippen LogP contribution is -2.08. The first-order valence-electron chi connectivity index (χ1n) is 6.57. The molecule has 1 aromatic rings. The van der Waals surface area contributed by atoms with E-state index in [2.05, 4.69) is 0 Å². The average molecular weight is 295 g/mol. The van der Waals surface area contributed by atoms with Crippen molar-refractivity contribution in [1.29, 1.82) is 0 Å². The number of nitro groups is 1. The van der Waals surface area contributed by atoms with Crippen molar-refractivity contribution in [3.05, 3.63) is 39.9 Å². The molecule has 0 unspecified atom stereocenters. The minimum absolute atomic E-state index is 0.0279. The Bertz CT molecular complexity index is 514. The van der Waals surface area contributed by atoms with E-state index in [-0.39, 0.29) is 31.1 Å². The van der Waals surface area contributed by atoms with Crippen molar-refractivity contribution in [3.8, 4) is 0 Å². The van der Waals surface area contributed by atoms with Crippen LogP contribution in [0.1, 0.15) is 31.7 Å². The number of carbonyl (C=O) groups excluding carboxylic acids is 2. The summed E-state index contributed by atoms with van der Waals surface area (Å²) in [6.07, 6.45) is 0.625. The number of nitrogens with zero attached hydrogens (tertiary/aromatic N) is 1. The third-order valence-corrected chi connectivity index (χ3v) is 2.59. The molecule has 0 aliphatic heterocycles. The number of non-ortho nitro benzene ring substituents is 1. The largest absolute Gasteiger partial charge is 0.466 e. The maximum atomic E-state index is 11.5. The van der Waals surface area contributed by atoms with Gasteiger partial charge in [0.25, 0.3) is 5.69 Å². The van der Waals surface area contributed by atoms with Crippen LogP contribution in [-0.2, 0) is 25.7 Å². The highest BCUT2D eigenvalue weighted by molar-refractivity contribution is 5.72. The second-order valence-corrected chi connectivity index (χ2v) is 4.25. The molecule has 0 fully saturated rings. The molecule has 0 bridgehead atoms. The standard InChI is InChI=1S/C14H17NO6/c1-2-20-13(16)7-4-8-14(17)21-10-11-5-3-6-12(9-11)15(18)19/h3,5-6,9H,2,4,7-8,10H2,1H3. The Morgan fingerprint density at radius 3 is 2.48 bits per heavy atom. The molecular formula is C14H17NO6. The smallest absolute Gasteiger partial charge is 0.306 e. The average Bonchev–Trinajstić information content (AvgIpc) is 2.45. The quantitative estimate of drug-likeness (QED) is 0.415. The van der Waals surface area contributed by atoms with Crippen molar-refractivity contribution in [2.75, 3.05) is 6.61 Å². The van der Waals surface area contributed by atoms with Crippen LogP contribution in [-0.4, -0.2) is 23.5 Å². The van der Waals surface area contributed by atoms with Gasteiger partial charge in [-0.2, -0.15) is 0 Å². The third kappa shape index (κ3) is 6.51. The van der Waals surface area contributed by atoms with Gasteiger partial charge in [0.15, 0.2) is 0 Å². The molecule has 0 aromatic heterocycles. The minimum Gasteiger partial charge on any atom is -0.466 e. The molecule has 1 aromatic carbocycles. The number of hydrogen-bond donors (Lipinski definition) is 0. The highest BCUT2D eigenvalue weighted by atomic mass is 16.6. The summed E-state index contributed by atoms with van der Waals surface area (Å²) in [6, 6.07) is 5.89. The molecule has 0 spiro atoms. The number of nitro benzene ring substituents is 1. The topological polar surface area (TPSA) is 95.7 Å². The molecule has 0 heterocycles. The molecule has 0 radical (unpaired) electrons. The predicted octanol–water partition coefficient (Wildman–Crippen LogP) is 2.37. The molecule has 0 aliphatic carbocycles. The zero-order chi connectivity index (χ0) is 15.7. The summed E-state index contributed by atoms with van der Waals surface area (Å²) in [5.41, 5.74) is 0.494. The van der Waals surface area contributed by atoms with Gasteiger partial charge in [0.1, 0.15) is 6.61 Å². The van der Waals surface area contributed by atoms with Crippen molar-refractivity contribution in [1.82, 2.24) is 0 Å². The van der Waals surface area contributed by atoms with Crippen molar-refractivity contribution in [3.63, 3.8) is 0 Å². The zero-order valence-electron chi connectivity index (χ0n) is 11.7. The fourth-order valence-corrected chi connectivity index (χ4v) is 1.61. The van der Waals surface area contributed by atoms with Crippen molar-refractivity contribution >= 4 is 17.6 Å². The van der Waals surface area contributed by atoms with Gasteiger partial charge in [0.2, 0.25) is 0 Å². The van der Waals surface area contributed by atoms with Gasteiger partial charge in [-0.25, -0.2) is 0 Å². The fraction of sp³-hybridized carbons (Fsp3) is 0.429. The highest BCUT2D eigenvalue weighted by Gasteiger charge is 2.09. The molecule has 1 rings (SSSR count). The number of ether oxygens (including phenoxy) is 2. The van der Waals surface area contributed by atoms with Crippen LogP contribution in [0.2, 0.25) is 0 Å². The molecule has 114 valence electrons. The first-order chi connectivity index (χ1) is 10.0. The summed E-state index contributed by atoms with van der Waals surface area (Å²) in [7, 11) is 0. The van der Waals surface area contributed by atoms with Gasteiger partial charge < -0.3 is 9.47 Å². The van der Waals surface area contributed by atoms with Crippen LogP contribution in [0, 0.1) is 10.1 Å². The molecule has 7 nitrogen and oxygen atoms in total. The summed E-state index contributed by atoms with van der Waals surface area (Å²) >= 11 is 0. The number of hydrogen-bond acceptors (Lipinski definition) is 6. The summed E-state index contributed by atoms with van der Waals surface area (Å²) in [5, 5.41) is 10.6. The Kier molecular flexibility index (Phi) is 6.86. The summed E-state index contributed by atoms with van der Waals surface area (Å²) in [5.74, 6) is -0.796. The van der Waals surface area contributed by atoms with E-state index >= 15 is 0 Å². The molecule has 21 heavy (non-hydrogen) atoms. The maximum absolute atomic E-state index is 11.5. The fourth-order valence-electron chi connectivity index (χ4n) is 1.61. The molecule has 0 amide bonds. The SMILES string of the molecule is CCOC(=O)CCCC(=O)OCc1cccc([N+](=O)[O-])c1. The molecule has 7 heteroatoms. The molecule has 0 N–H and O–H groups in total. The maximum Gasteiger partial charge on any atom is 0.306 e. The number of benzene rings is 1. The van der Waals surface area contributed by atoms with E-state index in [0.717, 1.165) is 0 Å². The van der Waals surface area contributed by atoms with Crippen LogP contribution in [0.5, 0.6) is 0 Å². The van der Waals surface area contributed by atoms with E-state index in [1.807, 2.05) is 0 Å². The van der Waals surface area contributed by atoms with Crippen LogP contribution >= 0.6 is 0 Å². The lowest BCUT2D eigenvalue weighted by molar-refractivity contribution is -0.384. The third-order valence-electron chi connectivity index (χ3n) is 2.59. The first kappa shape index (κ1) is 16.6. The Labute approximate surface area is 122 Å². The predicted molar refractivity (Wildman–Crippen MR) is 73.4 cm³/mol. The van der Waals surface area contributed by atoms with E-state index in [9.17, 15) is 19.7 Å². The van der Waals surface area contributed by atoms with E-state index in [1.54, 1.807) is 13.0 Å². The van der Waals surface area contributed by atoms with Gasteiger partial charge in [-0.3, -0.25) is 19.7 Å². The highest BCUT2D eigenvalue weighted by Crippen LogP contribution is 2.14. The number of carbonyl (C=O) groups is 2. The minimum atomic E-state index is -0.509. The van der Waals surface area contributed by atoms with Gasteiger partial charge >= 0.3 is 11.9 Å². The molecule has 0 aliphatic rings. The molecule has 0 atom stereocenters. The second-order valence-electron chi connectivity index (χ2n) is 4.25. The lowest BCUT2D eigenvalue weighted by Gasteiger charge is -2.05. The Hall–Kier alpha value is -2.44. The van der Waals surface area contributed by atoms with Gasteiger partial charge in [0, 0.05) is 25.0 Å². The van der Waals surface area contributed by atoms with Gasteiger partial charge in [-0.05, 0) is 18.9 Å². The normalized spacial score (nSPS) is 9.95. The molecule has 0 saturated heterocycles. The first-order valence-corrected chi connectivity index (χ1v) is 6.57. The van der Waals surface area contributed by atoms with E-state index < -0.39 is 10.9 Å². The summed E-state index contributed by atoms with van der Waals surface area (Å²) in [4.78, 5) is 32.6. The molecular weight excluding hydrogens is 278 g/mol. The Morgan fingerprint density at radius 1 is 1.19 bits per heavy atom. The van der Waals surface area contributed by atoms with Gasteiger partial charge in [-0.15, -0.1) is 0 Å².